The first-order chi connectivity index (χ1) is 34.3. The largest absolute Gasteiger partial charge is 0.310 e. The molecule has 0 saturated carbocycles. The molecule has 1 heterocycles. The molecule has 2 nitrogen and oxygen atoms in total. The molecule has 0 bridgehead atoms. The summed E-state index contributed by atoms with van der Waals surface area (Å²) >= 11 is 0. The fraction of sp³-hybridized carbons (Fsp3) is 0.0149. The van der Waals surface area contributed by atoms with Crippen LogP contribution in [-0.2, 0) is 5.41 Å². The molecule has 1 aromatic heterocycles. The zero-order valence-electron chi connectivity index (χ0n) is 38.0. The van der Waals surface area contributed by atoms with E-state index >= 15 is 0 Å². The second-order valence-electron chi connectivity index (χ2n) is 18.0. The van der Waals surface area contributed by atoms with Gasteiger partial charge in [0, 0.05) is 33.3 Å². The Bertz CT molecular complexity index is 3720. The third-order valence-corrected chi connectivity index (χ3v) is 14.2. The Morgan fingerprint density at radius 2 is 0.826 bits per heavy atom. The van der Waals surface area contributed by atoms with Gasteiger partial charge in [0.1, 0.15) is 0 Å². The van der Waals surface area contributed by atoms with E-state index in [1.165, 1.54) is 66.5 Å². The number of rotatable bonds is 9. The minimum atomic E-state index is -0.508. The maximum Gasteiger partial charge on any atom is 0.0714 e. The van der Waals surface area contributed by atoms with E-state index < -0.39 is 5.41 Å². The van der Waals surface area contributed by atoms with E-state index in [2.05, 4.69) is 289 Å². The number of aromatic nitrogens is 1. The first kappa shape index (κ1) is 40.3. The van der Waals surface area contributed by atoms with Crippen molar-refractivity contribution in [2.24, 2.45) is 0 Å². The van der Waals surface area contributed by atoms with Crippen LogP contribution in [0.1, 0.15) is 22.3 Å². The molecule has 0 N–H and O–H groups in total. The first-order valence-corrected chi connectivity index (χ1v) is 23.8. The summed E-state index contributed by atoms with van der Waals surface area (Å²) < 4.78 is 2.53. The Balaban J connectivity index is 1.05. The Labute approximate surface area is 403 Å². The Kier molecular flexibility index (Phi) is 9.77. The van der Waals surface area contributed by atoms with Gasteiger partial charge in [0.05, 0.1) is 27.8 Å². The lowest BCUT2D eigenvalue weighted by Crippen LogP contribution is -2.28. The molecule has 2 heteroatoms. The van der Waals surface area contributed by atoms with E-state index in [1.807, 2.05) is 0 Å². The van der Waals surface area contributed by atoms with Crippen LogP contribution in [0, 0.1) is 0 Å². The van der Waals surface area contributed by atoms with Crippen molar-refractivity contribution in [2.75, 3.05) is 4.90 Å². The van der Waals surface area contributed by atoms with Gasteiger partial charge in [-0.3, -0.25) is 0 Å². The predicted octanol–water partition coefficient (Wildman–Crippen LogP) is 17.6. The molecule has 0 radical (unpaired) electrons. The quantitative estimate of drug-likeness (QED) is 0.140. The minimum absolute atomic E-state index is 0.508. The lowest BCUT2D eigenvalue weighted by atomic mass is 9.68. The molecule has 324 valence electrons. The molecule has 0 fully saturated rings. The molecule has 0 saturated heterocycles. The molecule has 13 rings (SSSR count). The van der Waals surface area contributed by atoms with Crippen LogP contribution in [0.15, 0.2) is 279 Å². The van der Waals surface area contributed by atoms with Crippen molar-refractivity contribution in [3.63, 3.8) is 0 Å². The highest BCUT2D eigenvalue weighted by Crippen LogP contribution is 2.58. The number of hydrogen-bond donors (Lipinski definition) is 0. The number of anilines is 3. The molecule has 0 aliphatic heterocycles. The molecule has 69 heavy (non-hydrogen) atoms. The molecule has 0 amide bonds. The zero-order chi connectivity index (χ0) is 45.7. The third-order valence-electron chi connectivity index (χ3n) is 14.2. The van der Waals surface area contributed by atoms with E-state index in [4.69, 9.17) is 0 Å². The average Bonchev–Trinajstić information content (AvgIpc) is 3.93. The van der Waals surface area contributed by atoms with E-state index in [0.29, 0.717) is 0 Å². The monoisotopic (exact) mass is 878 g/mol. The number of para-hydroxylation sites is 3. The summed E-state index contributed by atoms with van der Waals surface area (Å²) in [6, 6.07) is 102. The van der Waals surface area contributed by atoms with Gasteiger partial charge < -0.3 is 9.47 Å². The molecule has 0 atom stereocenters. The highest BCUT2D eigenvalue weighted by molar-refractivity contribution is 6.11. The standard InChI is InChI=1S/C67H46N2/c1-6-23-47(24-7-1)50-43-51(48-25-8-2-9-26-48)45-55(44-50)68(54-31-14-5-15-32-54)62-38-20-17-33-56(62)49-41-42-58-57-34-18-21-39-63(57)69(65(58)46-49)64-40-22-37-61-66(64)59-35-16-19-36-60(59)67(61,52-27-10-3-11-28-52)53-29-12-4-13-30-53/h1-46H. The normalized spacial score (nSPS) is 12.5. The van der Waals surface area contributed by atoms with Crippen LogP contribution >= 0.6 is 0 Å². The van der Waals surface area contributed by atoms with Gasteiger partial charge in [-0.15, -0.1) is 0 Å². The van der Waals surface area contributed by atoms with Gasteiger partial charge in [-0.1, -0.05) is 224 Å². The third kappa shape index (κ3) is 6.56. The van der Waals surface area contributed by atoms with Crippen LogP contribution in [0.5, 0.6) is 0 Å². The molecule has 1 aliphatic carbocycles. The summed E-state index contributed by atoms with van der Waals surface area (Å²) in [5.41, 5.74) is 20.9. The van der Waals surface area contributed by atoms with E-state index in [1.54, 1.807) is 0 Å². The molecule has 0 unspecified atom stereocenters. The topological polar surface area (TPSA) is 8.17 Å². The Morgan fingerprint density at radius 1 is 0.304 bits per heavy atom. The fourth-order valence-corrected chi connectivity index (χ4v) is 11.3. The Hall–Kier alpha value is -8.98. The van der Waals surface area contributed by atoms with Crippen LogP contribution in [0.4, 0.5) is 17.1 Å². The number of fused-ring (bicyclic) bond motifs is 6. The van der Waals surface area contributed by atoms with Gasteiger partial charge in [-0.2, -0.15) is 0 Å². The first-order valence-electron chi connectivity index (χ1n) is 23.8. The SMILES string of the molecule is c1ccc(-c2cc(-c3ccccc3)cc(N(c3ccccc3)c3ccccc3-c3ccc4c5ccccc5n(-c5cccc6c5-c5ccccc5C6(c5ccccc5)c5ccccc5)c4c3)c2)cc1. The maximum absolute atomic E-state index is 2.53. The van der Waals surface area contributed by atoms with E-state index in [9.17, 15) is 0 Å². The summed E-state index contributed by atoms with van der Waals surface area (Å²) in [7, 11) is 0. The van der Waals surface area contributed by atoms with Crippen LogP contribution in [-0.4, -0.2) is 4.57 Å². The van der Waals surface area contributed by atoms with E-state index in [-0.39, 0.29) is 0 Å². The summed E-state index contributed by atoms with van der Waals surface area (Å²) in [4.78, 5) is 2.43. The highest BCUT2D eigenvalue weighted by Gasteiger charge is 2.47. The average molecular weight is 879 g/mol. The summed E-state index contributed by atoms with van der Waals surface area (Å²) in [5.74, 6) is 0. The van der Waals surface area contributed by atoms with Crippen LogP contribution in [0.2, 0.25) is 0 Å². The van der Waals surface area contributed by atoms with Crippen LogP contribution in [0.3, 0.4) is 0 Å². The van der Waals surface area contributed by atoms with Gasteiger partial charge in [0.2, 0.25) is 0 Å². The van der Waals surface area contributed by atoms with Gasteiger partial charge in [0.25, 0.3) is 0 Å². The lowest BCUT2D eigenvalue weighted by Gasteiger charge is -2.34. The molecule has 11 aromatic carbocycles. The second kappa shape index (κ2) is 16.7. The maximum atomic E-state index is 2.53. The molecule has 0 spiro atoms. The van der Waals surface area contributed by atoms with Gasteiger partial charge in [-0.05, 0) is 110 Å². The second-order valence-corrected chi connectivity index (χ2v) is 18.0. The Morgan fingerprint density at radius 3 is 1.49 bits per heavy atom. The molecular formula is C67H46N2. The van der Waals surface area contributed by atoms with Crippen molar-refractivity contribution < 1.29 is 0 Å². The van der Waals surface area contributed by atoms with E-state index in [0.717, 1.165) is 44.8 Å². The van der Waals surface area contributed by atoms with Crippen LogP contribution in [0.25, 0.3) is 72.0 Å². The lowest BCUT2D eigenvalue weighted by molar-refractivity contribution is 0.768. The van der Waals surface area contributed by atoms with Crippen molar-refractivity contribution in [1.29, 1.82) is 0 Å². The van der Waals surface area contributed by atoms with Gasteiger partial charge in [0.15, 0.2) is 0 Å². The van der Waals surface area contributed by atoms with Crippen molar-refractivity contribution >= 4 is 38.9 Å². The van der Waals surface area contributed by atoms with Crippen molar-refractivity contribution in [2.45, 2.75) is 5.41 Å². The smallest absolute Gasteiger partial charge is 0.0714 e. The van der Waals surface area contributed by atoms with Gasteiger partial charge >= 0.3 is 0 Å². The summed E-state index contributed by atoms with van der Waals surface area (Å²) in [6.07, 6.45) is 0. The number of benzene rings is 11. The summed E-state index contributed by atoms with van der Waals surface area (Å²) in [5, 5.41) is 2.45. The number of nitrogens with zero attached hydrogens (tertiary/aromatic N) is 2. The van der Waals surface area contributed by atoms with Crippen molar-refractivity contribution in [3.8, 4) is 50.2 Å². The summed E-state index contributed by atoms with van der Waals surface area (Å²) in [6.45, 7) is 0. The molecular weight excluding hydrogens is 833 g/mol. The highest BCUT2D eigenvalue weighted by atomic mass is 15.1. The predicted molar refractivity (Wildman–Crippen MR) is 289 cm³/mol. The zero-order valence-corrected chi connectivity index (χ0v) is 38.0. The minimum Gasteiger partial charge on any atom is -0.310 e. The molecule has 12 aromatic rings. The van der Waals surface area contributed by atoms with Crippen molar-refractivity contribution in [3.05, 3.63) is 301 Å². The van der Waals surface area contributed by atoms with Crippen molar-refractivity contribution in [1.82, 2.24) is 4.57 Å². The van der Waals surface area contributed by atoms with Crippen LogP contribution < -0.4 is 4.90 Å². The fourth-order valence-electron chi connectivity index (χ4n) is 11.3. The molecule has 1 aliphatic rings. The van der Waals surface area contributed by atoms with Gasteiger partial charge in [-0.25, -0.2) is 0 Å². The number of hydrogen-bond acceptors (Lipinski definition) is 1.